The SMILES string of the molecule is COC1COC1SCl. The van der Waals surface area contributed by atoms with Gasteiger partial charge in [0, 0.05) is 7.11 Å². The van der Waals surface area contributed by atoms with Crippen LogP contribution in [0.25, 0.3) is 0 Å². The van der Waals surface area contributed by atoms with E-state index in [1.807, 2.05) is 0 Å². The summed E-state index contributed by atoms with van der Waals surface area (Å²) < 4.78 is 9.95. The fourth-order valence-electron chi connectivity index (χ4n) is 0.516. The van der Waals surface area contributed by atoms with Crippen molar-refractivity contribution in [1.29, 1.82) is 0 Å². The van der Waals surface area contributed by atoms with E-state index in [0.29, 0.717) is 6.61 Å². The van der Waals surface area contributed by atoms with Crippen molar-refractivity contribution >= 4 is 21.7 Å². The van der Waals surface area contributed by atoms with Crippen LogP contribution in [0.3, 0.4) is 0 Å². The van der Waals surface area contributed by atoms with E-state index in [9.17, 15) is 0 Å². The van der Waals surface area contributed by atoms with E-state index >= 15 is 0 Å². The quantitative estimate of drug-likeness (QED) is 0.597. The first-order valence-corrected chi connectivity index (χ1v) is 4.01. The van der Waals surface area contributed by atoms with Crippen molar-refractivity contribution in [1.82, 2.24) is 0 Å². The third-order valence-corrected chi connectivity index (χ3v) is 2.26. The van der Waals surface area contributed by atoms with Crippen molar-refractivity contribution < 1.29 is 9.47 Å². The van der Waals surface area contributed by atoms with Gasteiger partial charge in [0.1, 0.15) is 11.5 Å². The molecule has 0 N–H and O–H groups in total. The zero-order valence-corrected chi connectivity index (χ0v) is 6.04. The van der Waals surface area contributed by atoms with Gasteiger partial charge in [-0.05, 0) is 21.7 Å². The lowest BCUT2D eigenvalue weighted by atomic mass is 10.3. The van der Waals surface area contributed by atoms with Gasteiger partial charge in [-0.1, -0.05) is 0 Å². The molecule has 0 amide bonds. The smallest absolute Gasteiger partial charge is 0.146 e. The molecule has 0 aromatic carbocycles. The van der Waals surface area contributed by atoms with Gasteiger partial charge in [-0.3, -0.25) is 0 Å². The maximum absolute atomic E-state index is 5.39. The summed E-state index contributed by atoms with van der Waals surface area (Å²) in [5.41, 5.74) is 0.0571. The van der Waals surface area contributed by atoms with Crippen LogP contribution in [0.5, 0.6) is 0 Å². The van der Waals surface area contributed by atoms with Crippen LogP contribution in [0.15, 0.2) is 0 Å². The van der Waals surface area contributed by atoms with E-state index in [1.54, 1.807) is 7.11 Å². The molecular weight excluding hydrogens is 148 g/mol. The molecule has 48 valence electrons. The zero-order chi connectivity index (χ0) is 5.98. The van der Waals surface area contributed by atoms with Gasteiger partial charge in [-0.25, -0.2) is 0 Å². The summed E-state index contributed by atoms with van der Waals surface area (Å²) in [5.74, 6) is 0. The molecule has 1 fully saturated rings. The van der Waals surface area contributed by atoms with Crippen LogP contribution in [0, 0.1) is 0 Å². The molecule has 2 atom stereocenters. The Labute approximate surface area is 57.0 Å². The lowest BCUT2D eigenvalue weighted by Crippen LogP contribution is -2.43. The van der Waals surface area contributed by atoms with Gasteiger partial charge in [-0.2, -0.15) is 0 Å². The third-order valence-electron chi connectivity index (χ3n) is 1.12. The predicted molar refractivity (Wildman–Crippen MR) is 34.0 cm³/mol. The Morgan fingerprint density at radius 1 is 1.88 bits per heavy atom. The largest absolute Gasteiger partial charge is 0.375 e. The van der Waals surface area contributed by atoms with Gasteiger partial charge in [0.15, 0.2) is 0 Å². The lowest BCUT2D eigenvalue weighted by Gasteiger charge is -2.32. The van der Waals surface area contributed by atoms with Crippen LogP contribution < -0.4 is 0 Å². The molecular formula is C4H7ClO2S. The zero-order valence-electron chi connectivity index (χ0n) is 4.46. The molecule has 0 spiro atoms. The minimum atomic E-state index is 0.0571. The minimum absolute atomic E-state index is 0.0571. The Morgan fingerprint density at radius 3 is 2.75 bits per heavy atom. The normalized spacial score (nSPS) is 36.8. The number of methoxy groups -OCH3 is 1. The van der Waals surface area contributed by atoms with E-state index in [1.165, 1.54) is 11.0 Å². The third kappa shape index (κ3) is 1.10. The Kier molecular flexibility index (Phi) is 2.43. The summed E-state index contributed by atoms with van der Waals surface area (Å²) >= 11 is 0. The van der Waals surface area contributed by atoms with Gasteiger partial charge < -0.3 is 9.47 Å². The Bertz CT molecular complexity index is 66.4. The highest BCUT2D eigenvalue weighted by Gasteiger charge is 2.31. The maximum Gasteiger partial charge on any atom is 0.146 e. The number of rotatable bonds is 2. The monoisotopic (exact) mass is 154 g/mol. The van der Waals surface area contributed by atoms with Crippen LogP contribution in [-0.4, -0.2) is 25.3 Å². The first-order valence-electron chi connectivity index (χ1n) is 2.30. The summed E-state index contributed by atoms with van der Waals surface area (Å²) in [6.45, 7) is 0.681. The number of hydrogen-bond acceptors (Lipinski definition) is 3. The van der Waals surface area contributed by atoms with Gasteiger partial charge in [-0.15, -0.1) is 0 Å². The molecule has 0 saturated carbocycles. The first-order chi connectivity index (χ1) is 3.88. The van der Waals surface area contributed by atoms with Crippen molar-refractivity contribution in [3.8, 4) is 0 Å². The van der Waals surface area contributed by atoms with Gasteiger partial charge in [0.25, 0.3) is 0 Å². The summed E-state index contributed by atoms with van der Waals surface area (Å²) in [7, 11) is 8.22. The molecule has 0 bridgehead atoms. The van der Waals surface area contributed by atoms with E-state index in [0.717, 1.165) is 0 Å². The second-order valence-corrected chi connectivity index (χ2v) is 2.74. The molecule has 1 heterocycles. The molecule has 0 aliphatic carbocycles. The second kappa shape index (κ2) is 2.92. The van der Waals surface area contributed by atoms with Crippen molar-refractivity contribution in [3.63, 3.8) is 0 Å². The second-order valence-electron chi connectivity index (χ2n) is 1.56. The summed E-state index contributed by atoms with van der Waals surface area (Å²) in [5, 5.41) is 0. The molecule has 0 aromatic rings. The Hall–Kier alpha value is 0.560. The van der Waals surface area contributed by atoms with E-state index in [2.05, 4.69) is 0 Å². The minimum Gasteiger partial charge on any atom is -0.375 e. The topological polar surface area (TPSA) is 18.5 Å². The molecule has 1 rings (SSSR count). The Morgan fingerprint density at radius 2 is 2.62 bits per heavy atom. The fraction of sp³-hybridized carbons (Fsp3) is 1.00. The van der Waals surface area contributed by atoms with Crippen LogP contribution in [-0.2, 0) is 9.47 Å². The molecule has 1 aliphatic heterocycles. The molecule has 2 nitrogen and oxygen atoms in total. The van der Waals surface area contributed by atoms with E-state index in [-0.39, 0.29) is 11.5 Å². The summed E-state index contributed by atoms with van der Waals surface area (Å²) in [4.78, 5) is 0. The van der Waals surface area contributed by atoms with Gasteiger partial charge in [0.2, 0.25) is 0 Å². The molecule has 0 aromatic heterocycles. The molecule has 2 unspecified atom stereocenters. The van der Waals surface area contributed by atoms with Gasteiger partial charge in [0.05, 0.1) is 6.61 Å². The van der Waals surface area contributed by atoms with Crippen LogP contribution in [0.4, 0.5) is 0 Å². The van der Waals surface area contributed by atoms with E-state index < -0.39 is 0 Å². The first kappa shape index (κ1) is 6.68. The fourth-order valence-corrected chi connectivity index (χ4v) is 1.45. The molecule has 1 saturated heterocycles. The molecule has 8 heavy (non-hydrogen) atoms. The Balaban J connectivity index is 2.16. The van der Waals surface area contributed by atoms with Crippen molar-refractivity contribution in [2.45, 2.75) is 11.5 Å². The standard InChI is InChI=1S/C4H7ClO2S/c1-6-3-2-7-4(3)8-5/h3-4H,2H2,1H3. The van der Waals surface area contributed by atoms with Crippen LogP contribution in [0.2, 0.25) is 0 Å². The van der Waals surface area contributed by atoms with Gasteiger partial charge >= 0.3 is 0 Å². The van der Waals surface area contributed by atoms with E-state index in [4.69, 9.17) is 20.2 Å². The van der Waals surface area contributed by atoms with Crippen molar-refractivity contribution in [2.24, 2.45) is 0 Å². The van der Waals surface area contributed by atoms with Crippen LogP contribution >= 0.6 is 21.7 Å². The van der Waals surface area contributed by atoms with Crippen LogP contribution in [0.1, 0.15) is 0 Å². The average Bonchev–Trinajstić information content (AvgIpc) is 1.66. The highest BCUT2D eigenvalue weighted by Crippen LogP contribution is 2.29. The number of halogens is 1. The highest BCUT2D eigenvalue weighted by atomic mass is 35.7. The van der Waals surface area contributed by atoms with Crippen molar-refractivity contribution in [3.05, 3.63) is 0 Å². The highest BCUT2D eigenvalue weighted by molar-refractivity contribution is 8.21. The number of hydrogen-bond donors (Lipinski definition) is 0. The summed E-state index contributed by atoms with van der Waals surface area (Å²) in [6.07, 6.45) is 0.206. The number of ether oxygens (including phenoxy) is 2. The predicted octanol–water partition coefficient (Wildman–Crippen LogP) is 1.24. The lowest BCUT2D eigenvalue weighted by molar-refractivity contribution is -0.132. The summed E-state index contributed by atoms with van der Waals surface area (Å²) in [6, 6.07) is 0. The molecule has 0 radical (unpaired) electrons. The molecule has 4 heteroatoms. The average molecular weight is 155 g/mol. The molecule has 1 aliphatic rings. The van der Waals surface area contributed by atoms with Crippen molar-refractivity contribution in [2.75, 3.05) is 13.7 Å². The maximum atomic E-state index is 5.39.